The Morgan fingerprint density at radius 2 is 1.96 bits per heavy atom. The molecule has 0 spiro atoms. The van der Waals surface area contributed by atoms with E-state index >= 15 is 0 Å². The van der Waals surface area contributed by atoms with E-state index in [0.29, 0.717) is 0 Å². The van der Waals surface area contributed by atoms with Crippen LogP contribution in [0.3, 0.4) is 0 Å². The monoisotopic (exact) mass is 371 g/mol. The molecule has 2 aromatic rings. The minimum absolute atomic E-state index is 0.0175. The summed E-state index contributed by atoms with van der Waals surface area (Å²) < 4.78 is 5.73. The van der Waals surface area contributed by atoms with E-state index in [1.807, 2.05) is 4.98 Å². The number of H-pyrrole nitrogens is 1. The highest BCUT2D eigenvalue weighted by Crippen LogP contribution is 2.26. The number of anilines is 1. The Hall–Kier alpha value is -2.58. The van der Waals surface area contributed by atoms with E-state index in [9.17, 15) is 19.2 Å². The Morgan fingerprint density at radius 1 is 1.29 bits per heavy atom. The normalized spacial score (nSPS) is 10.5. The van der Waals surface area contributed by atoms with E-state index in [1.54, 1.807) is 0 Å². The second-order valence-electron chi connectivity index (χ2n) is 4.68. The SMILES string of the molecule is Cn1c(N)c(C(=O)COC(=O)c2cccc(Cl)c2Cl)c(=O)[nH]c1=O. The Bertz CT molecular complexity index is 948. The van der Waals surface area contributed by atoms with Crippen molar-refractivity contribution in [2.45, 2.75) is 0 Å². The van der Waals surface area contributed by atoms with Crippen molar-refractivity contribution in [3.63, 3.8) is 0 Å². The van der Waals surface area contributed by atoms with Crippen molar-refractivity contribution in [2.75, 3.05) is 12.3 Å². The van der Waals surface area contributed by atoms with Gasteiger partial charge in [-0.3, -0.25) is 19.1 Å². The molecule has 0 atom stereocenters. The summed E-state index contributed by atoms with van der Waals surface area (Å²) in [5.74, 6) is -2.09. The summed E-state index contributed by atoms with van der Waals surface area (Å²) in [6, 6.07) is 4.34. The van der Waals surface area contributed by atoms with Crippen LogP contribution in [0.1, 0.15) is 20.7 Å². The van der Waals surface area contributed by atoms with Crippen molar-refractivity contribution in [2.24, 2.45) is 7.05 Å². The van der Waals surface area contributed by atoms with Crippen molar-refractivity contribution >= 4 is 40.8 Å². The molecule has 0 amide bonds. The summed E-state index contributed by atoms with van der Waals surface area (Å²) in [5.41, 5.74) is 3.36. The third-order valence-corrected chi connectivity index (χ3v) is 3.97. The Morgan fingerprint density at radius 3 is 2.62 bits per heavy atom. The Kier molecular flexibility index (Phi) is 5.10. The highest BCUT2D eigenvalue weighted by Gasteiger charge is 2.21. The van der Waals surface area contributed by atoms with Crippen LogP contribution in [-0.2, 0) is 11.8 Å². The van der Waals surface area contributed by atoms with E-state index in [1.165, 1.54) is 25.2 Å². The van der Waals surface area contributed by atoms with Gasteiger partial charge in [-0.15, -0.1) is 0 Å². The first-order chi connectivity index (χ1) is 11.2. The summed E-state index contributed by atoms with van der Waals surface area (Å²) in [5, 5.41) is 0.132. The van der Waals surface area contributed by atoms with E-state index in [2.05, 4.69) is 0 Å². The molecule has 2 rings (SSSR count). The fourth-order valence-corrected chi connectivity index (χ4v) is 2.23. The van der Waals surface area contributed by atoms with Crippen molar-refractivity contribution in [1.29, 1.82) is 0 Å². The van der Waals surface area contributed by atoms with Gasteiger partial charge in [0.25, 0.3) is 5.56 Å². The molecule has 1 aromatic carbocycles. The van der Waals surface area contributed by atoms with E-state index < -0.39 is 35.2 Å². The zero-order valence-electron chi connectivity index (χ0n) is 12.3. The fraction of sp³-hybridized carbons (Fsp3) is 0.143. The van der Waals surface area contributed by atoms with Crippen LogP contribution in [-0.4, -0.2) is 27.9 Å². The average molecular weight is 372 g/mol. The third-order valence-electron chi connectivity index (χ3n) is 3.15. The molecule has 0 bridgehead atoms. The second-order valence-corrected chi connectivity index (χ2v) is 5.46. The summed E-state index contributed by atoms with van der Waals surface area (Å²) in [4.78, 5) is 49.1. The van der Waals surface area contributed by atoms with Crippen LogP contribution < -0.4 is 17.0 Å². The number of carbonyl (C=O) groups excluding carboxylic acids is 2. The number of hydrogen-bond donors (Lipinski definition) is 2. The fourth-order valence-electron chi connectivity index (χ4n) is 1.85. The number of ether oxygens (including phenoxy) is 1. The van der Waals surface area contributed by atoms with Gasteiger partial charge in [0.15, 0.2) is 6.61 Å². The number of ketones is 1. The Balaban J connectivity index is 2.22. The molecular formula is C14H11Cl2N3O5. The molecule has 24 heavy (non-hydrogen) atoms. The molecule has 0 saturated heterocycles. The van der Waals surface area contributed by atoms with E-state index in [0.717, 1.165) is 4.57 Å². The number of nitrogens with two attached hydrogens (primary N) is 1. The smallest absolute Gasteiger partial charge is 0.340 e. The van der Waals surface area contributed by atoms with Crippen LogP contribution in [0.5, 0.6) is 0 Å². The summed E-state index contributed by atoms with van der Waals surface area (Å²) in [6.07, 6.45) is 0. The standard InChI is InChI=1S/C14H11Cl2N3O5/c1-19-11(17)9(12(21)18-14(19)23)8(20)5-24-13(22)6-3-2-4-7(15)10(6)16/h2-4H,5,17H2,1H3,(H,18,21,23). The highest BCUT2D eigenvalue weighted by molar-refractivity contribution is 6.43. The lowest BCUT2D eigenvalue weighted by atomic mass is 10.2. The quantitative estimate of drug-likeness (QED) is 0.610. The number of aromatic nitrogens is 2. The molecular weight excluding hydrogens is 361 g/mol. The van der Waals surface area contributed by atoms with Gasteiger partial charge in [0, 0.05) is 7.05 Å². The van der Waals surface area contributed by atoms with Gasteiger partial charge in [-0.25, -0.2) is 9.59 Å². The van der Waals surface area contributed by atoms with Crippen molar-refractivity contribution < 1.29 is 14.3 Å². The molecule has 1 aromatic heterocycles. The summed E-state index contributed by atoms with van der Waals surface area (Å²) in [6.45, 7) is -0.757. The topological polar surface area (TPSA) is 124 Å². The number of Topliss-reactive ketones (excluding diaryl/α,β-unsaturated/α-hetero) is 1. The molecule has 0 aliphatic carbocycles. The zero-order valence-corrected chi connectivity index (χ0v) is 13.8. The molecule has 10 heteroatoms. The first-order valence-corrected chi connectivity index (χ1v) is 7.22. The van der Waals surface area contributed by atoms with E-state index in [-0.39, 0.29) is 21.4 Å². The molecule has 8 nitrogen and oxygen atoms in total. The third kappa shape index (κ3) is 3.34. The zero-order chi connectivity index (χ0) is 18.0. The number of nitrogens with one attached hydrogen (secondary N) is 1. The van der Waals surface area contributed by atoms with Crippen LogP contribution in [0.2, 0.25) is 10.0 Å². The summed E-state index contributed by atoms with van der Waals surface area (Å²) in [7, 11) is 1.28. The minimum atomic E-state index is -0.961. The van der Waals surface area contributed by atoms with Crippen molar-refractivity contribution in [3.05, 3.63) is 60.2 Å². The highest BCUT2D eigenvalue weighted by atomic mass is 35.5. The lowest BCUT2D eigenvalue weighted by Gasteiger charge is -2.09. The summed E-state index contributed by atoms with van der Waals surface area (Å²) >= 11 is 11.7. The predicted octanol–water partition coefficient (Wildman–Crippen LogP) is 1.00. The van der Waals surface area contributed by atoms with Gasteiger partial charge in [-0.2, -0.15) is 0 Å². The lowest BCUT2D eigenvalue weighted by Crippen LogP contribution is -2.35. The van der Waals surface area contributed by atoms with Gasteiger partial charge >= 0.3 is 11.7 Å². The number of aromatic amines is 1. The van der Waals surface area contributed by atoms with Gasteiger partial charge < -0.3 is 10.5 Å². The maximum atomic E-state index is 12.1. The van der Waals surface area contributed by atoms with Crippen LogP contribution in [0.25, 0.3) is 0 Å². The van der Waals surface area contributed by atoms with Crippen LogP contribution in [0, 0.1) is 0 Å². The van der Waals surface area contributed by atoms with Gasteiger partial charge in [-0.1, -0.05) is 29.3 Å². The number of halogens is 2. The van der Waals surface area contributed by atoms with Gasteiger partial charge in [0.05, 0.1) is 15.6 Å². The predicted molar refractivity (Wildman–Crippen MR) is 87.8 cm³/mol. The molecule has 1 heterocycles. The van der Waals surface area contributed by atoms with Crippen LogP contribution >= 0.6 is 23.2 Å². The number of esters is 1. The molecule has 0 aliphatic heterocycles. The molecule has 0 fully saturated rings. The molecule has 3 N–H and O–H groups in total. The van der Waals surface area contributed by atoms with Crippen LogP contribution in [0.4, 0.5) is 5.82 Å². The molecule has 0 radical (unpaired) electrons. The number of hydrogen-bond acceptors (Lipinski definition) is 6. The lowest BCUT2D eigenvalue weighted by molar-refractivity contribution is 0.0474. The number of rotatable bonds is 4. The molecule has 0 unspecified atom stereocenters. The minimum Gasteiger partial charge on any atom is -0.454 e. The molecule has 0 aliphatic rings. The van der Waals surface area contributed by atoms with Crippen LogP contribution in [0.15, 0.2) is 27.8 Å². The number of nitrogen functional groups attached to an aromatic ring is 1. The average Bonchev–Trinajstić information content (AvgIpc) is 2.53. The van der Waals surface area contributed by atoms with Gasteiger partial charge in [0.1, 0.15) is 11.4 Å². The largest absolute Gasteiger partial charge is 0.454 e. The van der Waals surface area contributed by atoms with Gasteiger partial charge in [0.2, 0.25) is 5.78 Å². The first kappa shape index (κ1) is 17.8. The maximum Gasteiger partial charge on any atom is 0.340 e. The molecule has 126 valence electrons. The molecule has 0 saturated carbocycles. The second kappa shape index (κ2) is 6.90. The Labute approximate surface area is 144 Å². The van der Waals surface area contributed by atoms with E-state index in [4.69, 9.17) is 33.7 Å². The van der Waals surface area contributed by atoms with Crippen molar-refractivity contribution in [3.8, 4) is 0 Å². The number of benzene rings is 1. The van der Waals surface area contributed by atoms with Gasteiger partial charge in [-0.05, 0) is 12.1 Å². The number of carbonyl (C=O) groups is 2. The first-order valence-electron chi connectivity index (χ1n) is 6.47. The van der Waals surface area contributed by atoms with Crippen molar-refractivity contribution in [1.82, 2.24) is 9.55 Å². The number of nitrogens with zero attached hydrogens (tertiary/aromatic N) is 1. The maximum absolute atomic E-state index is 12.1.